The highest BCUT2D eigenvalue weighted by Crippen LogP contribution is 2.54. The quantitative estimate of drug-likeness (QED) is 0.144. The Balaban J connectivity index is 0.924. The zero-order valence-electron chi connectivity index (χ0n) is 44.9. The van der Waals surface area contributed by atoms with Crippen molar-refractivity contribution in [2.75, 3.05) is 9.80 Å². The summed E-state index contributed by atoms with van der Waals surface area (Å²) in [4.78, 5) is 4.93. The number of rotatable bonds is 9. The van der Waals surface area contributed by atoms with Crippen LogP contribution < -0.4 is 9.80 Å². The Morgan fingerprint density at radius 3 is 1.52 bits per heavy atom. The van der Waals surface area contributed by atoms with E-state index in [2.05, 4.69) is 277 Å². The highest BCUT2D eigenvalue weighted by molar-refractivity contribution is 5.93. The number of furan rings is 1. The number of allylic oxidation sites excluding steroid dienone is 1. The number of fused-ring (bicyclic) bond motifs is 10. The molecule has 0 saturated carbocycles. The Bertz CT molecular complexity index is 4220. The average molecular weight is 993 g/mol. The van der Waals surface area contributed by atoms with Crippen molar-refractivity contribution in [2.45, 2.75) is 65.7 Å². The smallest absolute Gasteiger partial charge is 0.138 e. The molecule has 3 heteroatoms. The lowest BCUT2D eigenvalue weighted by Gasteiger charge is -2.32. The molecule has 3 nitrogen and oxygen atoms in total. The van der Waals surface area contributed by atoms with Crippen LogP contribution in [-0.2, 0) is 17.3 Å². The maximum atomic E-state index is 6.56. The summed E-state index contributed by atoms with van der Waals surface area (Å²) >= 11 is 0. The highest BCUT2D eigenvalue weighted by atomic mass is 16.3. The van der Waals surface area contributed by atoms with Crippen molar-refractivity contribution in [1.29, 1.82) is 0 Å². The number of para-hydroxylation sites is 1. The number of hydrogen-bond donors (Lipinski definition) is 0. The molecule has 1 aromatic heterocycles. The molecule has 0 bridgehead atoms. The van der Waals surface area contributed by atoms with Crippen LogP contribution >= 0.6 is 0 Å². The predicted octanol–water partition coefficient (Wildman–Crippen LogP) is 20.3. The van der Waals surface area contributed by atoms with E-state index >= 15 is 0 Å². The topological polar surface area (TPSA) is 19.6 Å². The maximum absolute atomic E-state index is 6.56. The van der Waals surface area contributed by atoms with Crippen molar-refractivity contribution in [3.05, 3.63) is 280 Å². The Kier molecular flexibility index (Phi) is 10.6. The molecule has 372 valence electrons. The number of aryl methyl sites for hydroxylation is 2. The molecular weight excluding hydrogens is 933 g/mol. The molecule has 0 unspecified atom stereocenters. The summed E-state index contributed by atoms with van der Waals surface area (Å²) in [6.45, 7) is 16.0. The van der Waals surface area contributed by atoms with Crippen LogP contribution in [0.1, 0.15) is 90.4 Å². The first kappa shape index (κ1) is 46.6. The minimum absolute atomic E-state index is 0.166. The van der Waals surface area contributed by atoms with Gasteiger partial charge in [0, 0.05) is 61.5 Å². The van der Waals surface area contributed by atoms with Gasteiger partial charge in [-0.15, -0.1) is 0 Å². The number of nitrogens with zero attached hydrogens (tertiary/aromatic N) is 2. The minimum atomic E-state index is -0.172. The molecule has 3 aliphatic carbocycles. The van der Waals surface area contributed by atoms with E-state index in [1.807, 2.05) is 6.07 Å². The van der Waals surface area contributed by atoms with E-state index in [0.29, 0.717) is 0 Å². The fraction of sp³-hybridized carbons (Fsp3) is 0.135. The molecule has 0 amide bonds. The van der Waals surface area contributed by atoms with Gasteiger partial charge in [0.1, 0.15) is 11.3 Å². The fourth-order valence-corrected chi connectivity index (χ4v) is 13.4. The van der Waals surface area contributed by atoms with Crippen LogP contribution in [0.3, 0.4) is 0 Å². The van der Waals surface area contributed by atoms with Crippen molar-refractivity contribution in [3.63, 3.8) is 0 Å². The molecule has 0 aliphatic heterocycles. The predicted molar refractivity (Wildman–Crippen MR) is 323 cm³/mol. The zero-order valence-corrected chi connectivity index (χ0v) is 44.9. The molecule has 14 rings (SSSR count). The van der Waals surface area contributed by atoms with Gasteiger partial charge in [0.15, 0.2) is 0 Å². The van der Waals surface area contributed by atoms with Crippen LogP contribution in [0.4, 0.5) is 34.1 Å². The third kappa shape index (κ3) is 7.31. The zero-order chi connectivity index (χ0) is 52.3. The van der Waals surface area contributed by atoms with E-state index in [1.54, 1.807) is 0 Å². The molecule has 0 atom stereocenters. The third-order valence-corrected chi connectivity index (χ3v) is 17.3. The van der Waals surface area contributed by atoms with E-state index < -0.39 is 0 Å². The van der Waals surface area contributed by atoms with Crippen LogP contribution in [0.5, 0.6) is 0 Å². The molecule has 1 heterocycles. The van der Waals surface area contributed by atoms with Crippen molar-refractivity contribution >= 4 is 50.7 Å². The molecule has 0 radical (unpaired) electrons. The van der Waals surface area contributed by atoms with E-state index in [4.69, 9.17) is 4.42 Å². The fourth-order valence-electron chi connectivity index (χ4n) is 13.4. The van der Waals surface area contributed by atoms with Gasteiger partial charge in [-0.2, -0.15) is 0 Å². The molecule has 10 aromatic carbocycles. The van der Waals surface area contributed by atoms with Gasteiger partial charge in [-0.1, -0.05) is 179 Å². The second kappa shape index (κ2) is 17.6. The van der Waals surface area contributed by atoms with Gasteiger partial charge in [-0.05, 0) is 189 Å². The van der Waals surface area contributed by atoms with Gasteiger partial charge >= 0.3 is 0 Å². The number of hydrogen-bond acceptors (Lipinski definition) is 3. The summed E-state index contributed by atoms with van der Waals surface area (Å²) in [6, 6.07) is 81.5. The Morgan fingerprint density at radius 2 is 0.922 bits per heavy atom. The van der Waals surface area contributed by atoms with Crippen molar-refractivity contribution in [2.24, 2.45) is 0 Å². The molecule has 0 saturated heterocycles. The first-order chi connectivity index (χ1) is 37.5. The van der Waals surface area contributed by atoms with Gasteiger partial charge in [-0.3, -0.25) is 0 Å². The van der Waals surface area contributed by atoms with E-state index in [-0.39, 0.29) is 10.8 Å². The first-order valence-corrected chi connectivity index (χ1v) is 27.2. The van der Waals surface area contributed by atoms with Crippen LogP contribution in [0.15, 0.2) is 229 Å². The second-order valence-corrected chi connectivity index (χ2v) is 22.5. The largest absolute Gasteiger partial charge is 0.456 e. The second-order valence-electron chi connectivity index (χ2n) is 22.5. The summed E-state index contributed by atoms with van der Waals surface area (Å²) in [5, 5.41) is 1.14. The Labute approximate surface area is 453 Å². The van der Waals surface area contributed by atoms with Gasteiger partial charge < -0.3 is 14.2 Å². The Hall–Kier alpha value is -8.92. The standard InChI is InChI=1S/C74H60N2O/c1-8-57(72-47(3)58-19-13-16-27-71(58)77-72)48-28-32-51(33-29-48)75(53-36-38-64-62-21-11-14-25-67(62)73(4,5)69(64)44-53)55-40-46(2)41-56(43-55)76(54-37-39-65-63-22-12-15-26-68(63)74(6,7)70(65)45-54)52-34-30-49(31-35-52)59-23-17-24-61-60-20-10-9-18-50(60)42-66(59)61/h8-41,43-45H,42H2,1-7H3/b57-8-. The summed E-state index contributed by atoms with van der Waals surface area (Å²) in [5.74, 6) is 0.909. The van der Waals surface area contributed by atoms with Crippen LogP contribution in [0, 0.1) is 13.8 Å². The van der Waals surface area contributed by atoms with E-state index in [9.17, 15) is 0 Å². The lowest BCUT2D eigenvalue weighted by molar-refractivity contribution is 0.597. The average Bonchev–Trinajstić information content (AvgIpc) is 4.26. The summed E-state index contributed by atoms with van der Waals surface area (Å²) < 4.78 is 6.56. The molecule has 3 aliphatic rings. The molecular formula is C74H60N2O. The van der Waals surface area contributed by atoms with Crippen LogP contribution in [0.25, 0.3) is 61.0 Å². The van der Waals surface area contributed by atoms with E-state index in [0.717, 1.165) is 74.0 Å². The summed E-state index contributed by atoms with van der Waals surface area (Å²) in [6.07, 6.45) is 3.12. The van der Waals surface area contributed by atoms with E-state index in [1.165, 1.54) is 83.5 Å². The third-order valence-electron chi connectivity index (χ3n) is 17.3. The van der Waals surface area contributed by atoms with Crippen LogP contribution in [0.2, 0.25) is 0 Å². The van der Waals surface area contributed by atoms with Gasteiger partial charge in [-0.25, -0.2) is 0 Å². The minimum Gasteiger partial charge on any atom is -0.456 e. The first-order valence-electron chi connectivity index (χ1n) is 27.2. The summed E-state index contributed by atoms with van der Waals surface area (Å²) in [5.41, 5.74) is 30.3. The monoisotopic (exact) mass is 992 g/mol. The Morgan fingerprint density at radius 1 is 0.429 bits per heavy atom. The SMILES string of the molecule is C/C=C(/c1ccc(N(c2cc(C)cc(N(c3ccc(-c4cccc5c4Cc4ccccc4-5)cc3)c3ccc4c(c3)C(C)(C)c3ccccc3-4)c2)c2ccc3c(c2)C(C)(C)c2ccccc2-3)cc1)c1oc2ccccc2c1C. The molecule has 11 aromatic rings. The van der Waals surface area contributed by atoms with Gasteiger partial charge in [0.2, 0.25) is 0 Å². The molecule has 0 fully saturated rings. The van der Waals surface area contributed by atoms with Crippen molar-refractivity contribution in [1.82, 2.24) is 0 Å². The van der Waals surface area contributed by atoms with Crippen molar-refractivity contribution in [3.8, 4) is 44.5 Å². The summed E-state index contributed by atoms with van der Waals surface area (Å²) in [7, 11) is 0. The molecule has 0 N–H and O–H groups in total. The normalized spacial score (nSPS) is 14.1. The van der Waals surface area contributed by atoms with Gasteiger partial charge in [0.25, 0.3) is 0 Å². The maximum Gasteiger partial charge on any atom is 0.138 e. The lowest BCUT2D eigenvalue weighted by atomic mass is 9.82. The van der Waals surface area contributed by atoms with Crippen LogP contribution in [-0.4, -0.2) is 0 Å². The number of benzene rings is 10. The van der Waals surface area contributed by atoms with Crippen molar-refractivity contribution < 1.29 is 4.42 Å². The highest BCUT2D eigenvalue weighted by Gasteiger charge is 2.37. The number of anilines is 6. The molecule has 0 spiro atoms. The lowest BCUT2D eigenvalue weighted by Crippen LogP contribution is -2.17. The molecule has 77 heavy (non-hydrogen) atoms. The van der Waals surface area contributed by atoms with Gasteiger partial charge in [0.05, 0.1) is 0 Å².